The molecule has 9 nitrogen and oxygen atoms in total. The van der Waals surface area contributed by atoms with Crippen molar-refractivity contribution in [3.8, 4) is 11.5 Å². The second-order valence-electron chi connectivity index (χ2n) is 7.24. The number of anilines is 2. The van der Waals surface area contributed by atoms with Crippen LogP contribution in [0.2, 0.25) is 10.0 Å². The van der Waals surface area contributed by atoms with Gasteiger partial charge in [-0.05, 0) is 61.0 Å². The molecule has 0 bridgehead atoms. The minimum Gasteiger partial charge on any atom is -0.490 e. The number of benzene rings is 3. The van der Waals surface area contributed by atoms with Crippen LogP contribution in [0.4, 0.5) is 15.8 Å². The topological polar surface area (TPSA) is 118 Å². The van der Waals surface area contributed by atoms with E-state index in [0.29, 0.717) is 39.4 Å². The largest absolute Gasteiger partial charge is 0.490 e. The van der Waals surface area contributed by atoms with Crippen LogP contribution in [0.1, 0.15) is 12.5 Å². The normalized spacial score (nSPS) is 10.6. The Kier molecular flexibility index (Phi) is 9.82. The van der Waals surface area contributed by atoms with Crippen molar-refractivity contribution >= 4 is 58.5 Å². The van der Waals surface area contributed by atoms with Crippen molar-refractivity contribution in [3.05, 3.63) is 82.1 Å². The van der Waals surface area contributed by atoms with Gasteiger partial charge in [0, 0.05) is 5.69 Å². The molecule has 0 unspecified atom stereocenters. The summed E-state index contributed by atoms with van der Waals surface area (Å²) in [6.07, 6.45) is 1.28. The summed E-state index contributed by atoms with van der Waals surface area (Å²) in [5.41, 5.74) is 2.90. The number of ether oxygens (including phenoxy) is 2. The van der Waals surface area contributed by atoms with Crippen LogP contribution in [0, 0.1) is 5.82 Å². The zero-order chi connectivity index (χ0) is 26.8. The van der Waals surface area contributed by atoms with E-state index in [1.807, 2.05) is 0 Å². The smallest absolute Gasteiger partial charge is 0.329 e. The number of hydrogen-bond donors (Lipinski definition) is 3. The first-order chi connectivity index (χ1) is 17.8. The van der Waals surface area contributed by atoms with E-state index < -0.39 is 23.5 Å². The summed E-state index contributed by atoms with van der Waals surface area (Å²) in [6, 6.07) is 14.9. The van der Waals surface area contributed by atoms with Crippen molar-refractivity contribution in [1.29, 1.82) is 0 Å². The third kappa shape index (κ3) is 8.19. The summed E-state index contributed by atoms with van der Waals surface area (Å²) in [5.74, 6) is -2.64. The van der Waals surface area contributed by atoms with Gasteiger partial charge in [0.2, 0.25) is 0 Å². The van der Waals surface area contributed by atoms with E-state index in [0.717, 1.165) is 6.07 Å². The van der Waals surface area contributed by atoms with Crippen LogP contribution >= 0.6 is 23.2 Å². The van der Waals surface area contributed by atoms with Gasteiger partial charge in [-0.1, -0.05) is 35.3 Å². The van der Waals surface area contributed by atoms with Crippen molar-refractivity contribution in [2.45, 2.75) is 6.92 Å². The lowest BCUT2D eigenvalue weighted by Gasteiger charge is -2.13. The highest BCUT2D eigenvalue weighted by molar-refractivity contribution is 6.42. The van der Waals surface area contributed by atoms with Gasteiger partial charge in [-0.3, -0.25) is 14.4 Å². The van der Waals surface area contributed by atoms with Gasteiger partial charge in [-0.15, -0.1) is 0 Å². The quantitative estimate of drug-likeness (QED) is 0.205. The molecule has 3 N–H and O–H groups in total. The predicted octanol–water partition coefficient (Wildman–Crippen LogP) is 4.64. The van der Waals surface area contributed by atoms with Crippen molar-refractivity contribution in [1.82, 2.24) is 5.43 Å². The first kappa shape index (κ1) is 27.4. The molecule has 0 saturated carbocycles. The summed E-state index contributed by atoms with van der Waals surface area (Å²) < 4.78 is 24.8. The summed E-state index contributed by atoms with van der Waals surface area (Å²) in [7, 11) is 0. The predicted molar refractivity (Wildman–Crippen MR) is 139 cm³/mol. The second kappa shape index (κ2) is 13.2. The van der Waals surface area contributed by atoms with Gasteiger partial charge in [-0.2, -0.15) is 5.10 Å². The molecule has 0 atom stereocenters. The van der Waals surface area contributed by atoms with Crippen molar-refractivity contribution in [2.75, 3.05) is 23.8 Å². The van der Waals surface area contributed by atoms with Crippen LogP contribution in [-0.2, 0) is 14.4 Å². The van der Waals surface area contributed by atoms with E-state index >= 15 is 0 Å². The number of halogens is 3. The Balaban J connectivity index is 1.56. The molecule has 192 valence electrons. The number of nitrogens with zero attached hydrogens (tertiary/aromatic N) is 1. The van der Waals surface area contributed by atoms with Crippen LogP contribution < -0.4 is 25.5 Å². The van der Waals surface area contributed by atoms with Crippen LogP contribution in [0.3, 0.4) is 0 Å². The Labute approximate surface area is 221 Å². The fourth-order valence-electron chi connectivity index (χ4n) is 2.86. The fraction of sp³-hybridized carbons (Fsp3) is 0.120. The van der Waals surface area contributed by atoms with Crippen LogP contribution in [0.15, 0.2) is 65.8 Å². The van der Waals surface area contributed by atoms with E-state index in [-0.39, 0.29) is 12.3 Å². The van der Waals surface area contributed by atoms with Crippen LogP contribution in [0.5, 0.6) is 11.5 Å². The van der Waals surface area contributed by atoms with Gasteiger partial charge in [0.25, 0.3) is 5.91 Å². The van der Waals surface area contributed by atoms with Gasteiger partial charge in [0.15, 0.2) is 18.1 Å². The monoisotopic (exact) mass is 546 g/mol. The number of rotatable bonds is 9. The Bertz CT molecular complexity index is 1340. The molecule has 0 aliphatic carbocycles. The van der Waals surface area contributed by atoms with Gasteiger partial charge < -0.3 is 20.1 Å². The highest BCUT2D eigenvalue weighted by atomic mass is 35.5. The number of carbonyl (C=O) groups excluding carboxylic acids is 3. The van der Waals surface area contributed by atoms with Gasteiger partial charge in [0.05, 0.1) is 28.6 Å². The average molecular weight is 547 g/mol. The highest BCUT2D eigenvalue weighted by Crippen LogP contribution is 2.28. The van der Waals surface area contributed by atoms with Crippen LogP contribution in [0.25, 0.3) is 0 Å². The Morgan fingerprint density at radius 2 is 1.70 bits per heavy atom. The third-order valence-electron chi connectivity index (χ3n) is 4.54. The number of hydrogen-bond acceptors (Lipinski definition) is 6. The molecule has 0 heterocycles. The molecule has 0 radical (unpaired) electrons. The van der Waals surface area contributed by atoms with Crippen molar-refractivity contribution in [2.24, 2.45) is 5.10 Å². The van der Waals surface area contributed by atoms with Gasteiger partial charge in [0.1, 0.15) is 5.82 Å². The molecule has 3 rings (SSSR count). The Morgan fingerprint density at radius 1 is 0.919 bits per heavy atom. The molecule has 0 saturated heterocycles. The number of nitrogens with one attached hydrogen (secondary N) is 3. The SMILES string of the molecule is CCOc1cc(/C=N\NC(=O)C(=O)Nc2ccccc2F)ccc1OCC(=O)Nc1ccc(Cl)c(Cl)c1. The molecule has 0 spiro atoms. The lowest BCUT2D eigenvalue weighted by Crippen LogP contribution is -2.32. The maximum absolute atomic E-state index is 13.6. The van der Waals surface area contributed by atoms with Crippen LogP contribution in [-0.4, -0.2) is 37.1 Å². The van der Waals surface area contributed by atoms with Crippen molar-refractivity contribution in [3.63, 3.8) is 0 Å². The maximum atomic E-state index is 13.6. The first-order valence-corrected chi connectivity index (χ1v) is 11.6. The molecule has 37 heavy (non-hydrogen) atoms. The fourth-order valence-corrected chi connectivity index (χ4v) is 3.16. The van der Waals surface area contributed by atoms with E-state index in [1.165, 1.54) is 30.5 Å². The third-order valence-corrected chi connectivity index (χ3v) is 5.28. The molecule has 3 aromatic carbocycles. The molecule has 12 heteroatoms. The van der Waals surface area contributed by atoms with E-state index in [9.17, 15) is 18.8 Å². The minimum absolute atomic E-state index is 0.130. The first-order valence-electron chi connectivity index (χ1n) is 10.8. The number of carbonyl (C=O) groups is 3. The van der Waals surface area contributed by atoms with E-state index in [2.05, 4.69) is 21.2 Å². The summed E-state index contributed by atoms with van der Waals surface area (Å²) in [4.78, 5) is 36.1. The molecule has 3 aromatic rings. The second-order valence-corrected chi connectivity index (χ2v) is 8.05. The molecular weight excluding hydrogens is 526 g/mol. The summed E-state index contributed by atoms with van der Waals surface area (Å²) in [6.45, 7) is 1.79. The van der Waals surface area contributed by atoms with Gasteiger partial charge in [-0.25, -0.2) is 9.82 Å². The van der Waals surface area contributed by atoms with Crippen molar-refractivity contribution < 1.29 is 28.2 Å². The Morgan fingerprint density at radius 3 is 2.43 bits per heavy atom. The van der Waals surface area contributed by atoms with E-state index in [4.69, 9.17) is 32.7 Å². The molecule has 0 aliphatic rings. The molecular formula is C25H21Cl2FN4O5. The Hall–Kier alpha value is -4.15. The lowest BCUT2D eigenvalue weighted by atomic mass is 10.2. The zero-order valence-electron chi connectivity index (χ0n) is 19.4. The molecule has 0 aromatic heterocycles. The zero-order valence-corrected chi connectivity index (χ0v) is 20.9. The lowest BCUT2D eigenvalue weighted by molar-refractivity contribution is -0.136. The number of para-hydroxylation sites is 1. The summed E-state index contributed by atoms with van der Waals surface area (Å²) >= 11 is 11.8. The molecule has 0 fully saturated rings. The highest BCUT2D eigenvalue weighted by Gasteiger charge is 2.15. The number of amides is 3. The van der Waals surface area contributed by atoms with E-state index in [1.54, 1.807) is 37.3 Å². The van der Waals surface area contributed by atoms with Gasteiger partial charge >= 0.3 is 11.8 Å². The average Bonchev–Trinajstić information content (AvgIpc) is 2.87. The summed E-state index contributed by atoms with van der Waals surface area (Å²) in [5, 5.41) is 9.20. The minimum atomic E-state index is -1.09. The molecule has 3 amide bonds. The standard InChI is InChI=1S/C25H21Cl2FN4O5/c1-2-36-22-11-15(13-29-32-25(35)24(34)31-20-6-4-3-5-19(20)28)7-10-21(22)37-14-23(33)30-16-8-9-17(26)18(27)12-16/h3-13H,2,14H2,1H3,(H,30,33)(H,31,34)(H,32,35)/b29-13-. The molecule has 0 aliphatic heterocycles. The maximum Gasteiger partial charge on any atom is 0.329 e. The number of hydrazone groups is 1.